The minimum atomic E-state index is -0.402. The van der Waals surface area contributed by atoms with Gasteiger partial charge in [0.05, 0.1) is 32.1 Å². The smallest absolute Gasteiger partial charge is 0.262 e. The summed E-state index contributed by atoms with van der Waals surface area (Å²) < 4.78 is 25.4. The van der Waals surface area contributed by atoms with E-state index in [1.54, 1.807) is 54.5 Å². The minimum Gasteiger partial charge on any atom is -0.497 e. The molecule has 2 amide bonds. The van der Waals surface area contributed by atoms with Gasteiger partial charge in [0, 0.05) is 43.7 Å². The van der Waals surface area contributed by atoms with Gasteiger partial charge in [-0.2, -0.15) is 5.10 Å². The molecule has 9 heteroatoms. The van der Waals surface area contributed by atoms with Crippen LogP contribution in [-0.2, 0) is 9.53 Å². The van der Waals surface area contributed by atoms with Gasteiger partial charge in [-0.3, -0.25) is 14.5 Å². The van der Waals surface area contributed by atoms with Crippen molar-refractivity contribution in [1.82, 2.24) is 14.8 Å². The first-order chi connectivity index (χ1) is 19.5. The Hall–Kier alpha value is -4.08. The number of hydrogen-bond acceptors (Lipinski definition) is 6. The molecule has 0 saturated carbocycles. The zero-order valence-electron chi connectivity index (χ0n) is 22.5. The maximum atomic E-state index is 14.7. The highest BCUT2D eigenvalue weighted by Gasteiger charge is 2.35. The number of methoxy groups -OCH3 is 1. The highest BCUT2D eigenvalue weighted by atomic mass is 19.1. The van der Waals surface area contributed by atoms with Crippen molar-refractivity contribution in [2.75, 3.05) is 53.0 Å². The van der Waals surface area contributed by atoms with E-state index in [4.69, 9.17) is 9.47 Å². The van der Waals surface area contributed by atoms with Gasteiger partial charge in [-0.25, -0.2) is 9.40 Å². The summed E-state index contributed by atoms with van der Waals surface area (Å²) in [6.07, 6.45) is 0.372. The number of morpholine rings is 1. The van der Waals surface area contributed by atoms with Crippen LogP contribution in [0.4, 0.5) is 4.39 Å². The minimum absolute atomic E-state index is 0.160. The second-order valence-corrected chi connectivity index (χ2v) is 9.80. The van der Waals surface area contributed by atoms with E-state index >= 15 is 0 Å². The number of nitrogens with zero attached hydrogens (tertiary/aromatic N) is 4. The number of halogens is 1. The average Bonchev–Trinajstić information content (AvgIpc) is 3.45. The number of carbonyl (C=O) groups is 2. The summed E-state index contributed by atoms with van der Waals surface area (Å²) in [5.74, 6) is -0.323. The van der Waals surface area contributed by atoms with Crippen LogP contribution in [0.25, 0.3) is 0 Å². The van der Waals surface area contributed by atoms with Crippen molar-refractivity contribution >= 4 is 17.5 Å². The summed E-state index contributed by atoms with van der Waals surface area (Å²) in [7, 11) is 1.57. The predicted molar refractivity (Wildman–Crippen MR) is 150 cm³/mol. The highest BCUT2D eigenvalue weighted by molar-refractivity contribution is 6.04. The van der Waals surface area contributed by atoms with Crippen molar-refractivity contribution in [2.24, 2.45) is 5.10 Å². The van der Waals surface area contributed by atoms with Gasteiger partial charge in [0.1, 0.15) is 18.1 Å². The van der Waals surface area contributed by atoms with E-state index < -0.39 is 6.04 Å². The van der Waals surface area contributed by atoms with Gasteiger partial charge in [-0.15, -0.1) is 0 Å². The summed E-state index contributed by atoms with van der Waals surface area (Å²) in [5.41, 5.74) is 2.23. The van der Waals surface area contributed by atoms with Crippen molar-refractivity contribution in [3.05, 3.63) is 101 Å². The molecule has 2 aliphatic rings. The molecule has 2 heterocycles. The van der Waals surface area contributed by atoms with E-state index in [1.807, 2.05) is 30.3 Å². The summed E-state index contributed by atoms with van der Waals surface area (Å²) in [6.45, 7) is 3.66. The lowest BCUT2D eigenvalue weighted by atomic mass is 9.98. The summed E-state index contributed by atoms with van der Waals surface area (Å²) in [5, 5.41) is 6.03. The molecule has 5 rings (SSSR count). The van der Waals surface area contributed by atoms with Crippen LogP contribution in [0.2, 0.25) is 0 Å². The second kappa shape index (κ2) is 12.8. The Bertz CT molecular complexity index is 1340. The molecule has 1 atom stereocenters. The fourth-order valence-corrected chi connectivity index (χ4v) is 5.02. The topological polar surface area (TPSA) is 74.7 Å². The molecule has 0 aliphatic carbocycles. The molecule has 0 bridgehead atoms. The first kappa shape index (κ1) is 27.5. The Labute approximate surface area is 233 Å². The third-order valence-electron chi connectivity index (χ3n) is 7.28. The van der Waals surface area contributed by atoms with Crippen LogP contribution < -0.4 is 4.74 Å². The summed E-state index contributed by atoms with van der Waals surface area (Å²) >= 11 is 0. The monoisotopic (exact) mass is 544 g/mol. The van der Waals surface area contributed by atoms with Crippen molar-refractivity contribution in [3.63, 3.8) is 0 Å². The third-order valence-corrected chi connectivity index (χ3v) is 7.28. The molecule has 1 saturated heterocycles. The first-order valence-electron chi connectivity index (χ1n) is 13.5. The number of rotatable bonds is 9. The fraction of sp³-hybridized carbons (Fsp3) is 0.323. The van der Waals surface area contributed by atoms with Crippen molar-refractivity contribution in [3.8, 4) is 5.75 Å². The molecule has 3 aromatic carbocycles. The van der Waals surface area contributed by atoms with Gasteiger partial charge in [0.2, 0.25) is 0 Å². The molecule has 0 aromatic heterocycles. The number of ether oxygens (including phenoxy) is 2. The molecule has 2 aliphatic heterocycles. The molecule has 0 N–H and O–H groups in total. The molecule has 0 radical (unpaired) electrons. The zero-order chi connectivity index (χ0) is 27.9. The molecular formula is C31H33FN4O4. The number of carbonyl (C=O) groups excluding carboxylic acids is 2. The van der Waals surface area contributed by atoms with Crippen molar-refractivity contribution < 1.29 is 23.5 Å². The van der Waals surface area contributed by atoms with Gasteiger partial charge >= 0.3 is 0 Å². The Morgan fingerprint density at radius 2 is 1.70 bits per heavy atom. The first-order valence-corrected chi connectivity index (χ1v) is 13.5. The summed E-state index contributed by atoms with van der Waals surface area (Å²) in [4.78, 5) is 31.3. The van der Waals surface area contributed by atoms with E-state index in [0.717, 1.165) is 18.7 Å². The summed E-state index contributed by atoms with van der Waals surface area (Å²) in [6, 6.07) is 22.5. The maximum Gasteiger partial charge on any atom is 0.262 e. The molecule has 0 spiro atoms. The van der Waals surface area contributed by atoms with Crippen LogP contribution in [0, 0.1) is 5.82 Å². The highest BCUT2D eigenvalue weighted by Crippen LogP contribution is 2.33. The van der Waals surface area contributed by atoms with Crippen molar-refractivity contribution in [2.45, 2.75) is 12.5 Å². The molecule has 40 heavy (non-hydrogen) atoms. The third kappa shape index (κ3) is 6.38. The van der Waals surface area contributed by atoms with Gasteiger partial charge in [0.25, 0.3) is 11.8 Å². The van der Waals surface area contributed by atoms with E-state index in [9.17, 15) is 14.0 Å². The van der Waals surface area contributed by atoms with Crippen LogP contribution in [0.3, 0.4) is 0 Å². The number of amides is 2. The van der Waals surface area contributed by atoms with Gasteiger partial charge < -0.3 is 14.4 Å². The number of hydrogen-bond donors (Lipinski definition) is 0. The number of benzene rings is 3. The van der Waals surface area contributed by atoms with Crippen LogP contribution in [0.1, 0.15) is 33.9 Å². The van der Waals surface area contributed by atoms with E-state index in [-0.39, 0.29) is 24.2 Å². The van der Waals surface area contributed by atoms with Crippen LogP contribution >= 0.6 is 0 Å². The molecule has 3 aromatic rings. The Morgan fingerprint density at radius 3 is 2.40 bits per heavy atom. The standard InChI is InChI=1S/C31H33FN4O4/c1-39-25-13-11-24(12-14-25)31(38)35(16-15-34-17-19-40-20-18-34)22-30(37)36-29(23-7-3-2-4-8-23)21-28(33-36)26-9-5-6-10-27(26)32/h2-14,29H,15-22H2,1H3. The van der Waals surface area contributed by atoms with Crippen molar-refractivity contribution in [1.29, 1.82) is 0 Å². The Balaban J connectivity index is 1.41. The molecule has 8 nitrogen and oxygen atoms in total. The average molecular weight is 545 g/mol. The number of hydrazone groups is 1. The lowest BCUT2D eigenvalue weighted by Gasteiger charge is -2.31. The molecule has 1 fully saturated rings. The van der Waals surface area contributed by atoms with E-state index in [0.29, 0.717) is 55.3 Å². The van der Waals surface area contributed by atoms with Gasteiger partial charge in [-0.05, 0) is 35.9 Å². The molecule has 1 unspecified atom stereocenters. The maximum absolute atomic E-state index is 14.7. The normalized spacial score (nSPS) is 17.4. The second-order valence-electron chi connectivity index (χ2n) is 9.80. The van der Waals surface area contributed by atoms with Crippen LogP contribution in [-0.4, -0.2) is 85.4 Å². The largest absolute Gasteiger partial charge is 0.497 e. The van der Waals surface area contributed by atoms with Crippen LogP contribution in [0.5, 0.6) is 5.75 Å². The predicted octanol–water partition coefficient (Wildman–Crippen LogP) is 3.99. The Kier molecular flexibility index (Phi) is 8.83. The SMILES string of the molecule is COc1ccc(C(=O)N(CCN2CCOCC2)CC(=O)N2N=C(c3ccccc3F)CC2c2ccccc2)cc1. The van der Waals surface area contributed by atoms with Gasteiger partial charge in [-0.1, -0.05) is 48.5 Å². The van der Waals surface area contributed by atoms with E-state index in [2.05, 4.69) is 10.0 Å². The van der Waals surface area contributed by atoms with E-state index in [1.165, 1.54) is 11.1 Å². The fourth-order valence-electron chi connectivity index (χ4n) is 5.02. The lowest BCUT2D eigenvalue weighted by molar-refractivity contribution is -0.133. The quantitative estimate of drug-likeness (QED) is 0.407. The molecular weight excluding hydrogens is 511 g/mol. The Morgan fingerprint density at radius 1 is 1.00 bits per heavy atom. The zero-order valence-corrected chi connectivity index (χ0v) is 22.5. The van der Waals surface area contributed by atoms with Gasteiger partial charge in [0.15, 0.2) is 0 Å². The lowest BCUT2D eigenvalue weighted by Crippen LogP contribution is -2.46. The van der Waals surface area contributed by atoms with Crippen LogP contribution in [0.15, 0.2) is 84.0 Å². The molecule has 208 valence electrons.